The van der Waals surface area contributed by atoms with Crippen molar-refractivity contribution in [2.45, 2.75) is 6.42 Å². The Morgan fingerprint density at radius 2 is 1.95 bits per heavy atom. The molecule has 1 aliphatic carbocycles. The third kappa shape index (κ3) is 1.81. The minimum atomic E-state index is 0.836. The third-order valence-electron chi connectivity index (χ3n) is 3.22. The van der Waals surface area contributed by atoms with Crippen LogP contribution in [0.25, 0.3) is 11.3 Å². The van der Waals surface area contributed by atoms with Gasteiger partial charge in [0.25, 0.3) is 0 Å². The first kappa shape index (κ1) is 10.7. The Bertz CT molecular complexity index is 734. The maximum absolute atomic E-state index is 4.69. The summed E-state index contributed by atoms with van der Waals surface area (Å²) in [4.78, 5) is 10.3. The van der Waals surface area contributed by atoms with Crippen molar-refractivity contribution >= 4 is 22.3 Å². The zero-order valence-corrected chi connectivity index (χ0v) is 10.9. The molecule has 92 valence electrons. The summed E-state index contributed by atoms with van der Waals surface area (Å²) < 4.78 is 0. The monoisotopic (exact) mass is 265 g/mol. The zero-order chi connectivity index (χ0) is 12.7. The summed E-state index contributed by atoms with van der Waals surface area (Å²) in [6.07, 6.45) is 2.77. The molecule has 2 heterocycles. The summed E-state index contributed by atoms with van der Waals surface area (Å²) in [5.74, 6) is 0.836. The SMILES string of the molecule is c1ccc(Nc2nc3c(s2)Cc2ccccc2-3)nc1. The molecule has 0 aliphatic heterocycles. The van der Waals surface area contributed by atoms with E-state index in [0.717, 1.165) is 23.1 Å². The Morgan fingerprint density at radius 1 is 1.05 bits per heavy atom. The Hall–Kier alpha value is -2.20. The first-order chi connectivity index (χ1) is 9.40. The van der Waals surface area contributed by atoms with Crippen LogP contribution < -0.4 is 5.32 Å². The van der Waals surface area contributed by atoms with Gasteiger partial charge in [-0.05, 0) is 17.7 Å². The molecular weight excluding hydrogens is 254 g/mol. The molecule has 4 rings (SSSR count). The van der Waals surface area contributed by atoms with Gasteiger partial charge in [0.05, 0.1) is 5.69 Å². The Balaban J connectivity index is 1.69. The molecule has 0 fully saturated rings. The van der Waals surface area contributed by atoms with Crippen LogP contribution in [-0.4, -0.2) is 9.97 Å². The van der Waals surface area contributed by atoms with E-state index in [-0.39, 0.29) is 0 Å². The van der Waals surface area contributed by atoms with Crippen molar-refractivity contribution in [2.24, 2.45) is 0 Å². The van der Waals surface area contributed by atoms with Crippen LogP contribution in [0.2, 0.25) is 0 Å². The van der Waals surface area contributed by atoms with Crippen molar-refractivity contribution < 1.29 is 0 Å². The molecule has 3 aromatic rings. The van der Waals surface area contributed by atoms with Gasteiger partial charge in [0, 0.05) is 23.1 Å². The van der Waals surface area contributed by atoms with E-state index in [1.54, 1.807) is 17.5 Å². The molecule has 2 aromatic heterocycles. The molecule has 1 aromatic carbocycles. The molecule has 0 unspecified atom stereocenters. The summed E-state index contributed by atoms with van der Waals surface area (Å²) in [5, 5.41) is 4.18. The molecule has 1 N–H and O–H groups in total. The largest absolute Gasteiger partial charge is 0.316 e. The van der Waals surface area contributed by atoms with Crippen LogP contribution >= 0.6 is 11.3 Å². The third-order valence-corrected chi connectivity index (χ3v) is 4.19. The number of rotatable bonds is 2. The molecule has 19 heavy (non-hydrogen) atoms. The molecule has 0 radical (unpaired) electrons. The van der Waals surface area contributed by atoms with Crippen molar-refractivity contribution in [3.8, 4) is 11.3 Å². The number of pyridine rings is 1. The quantitative estimate of drug-likeness (QED) is 0.598. The molecule has 0 saturated carbocycles. The number of thiazole rings is 1. The topological polar surface area (TPSA) is 37.8 Å². The number of nitrogens with one attached hydrogen (secondary N) is 1. The van der Waals surface area contributed by atoms with Gasteiger partial charge in [-0.3, -0.25) is 0 Å². The normalized spacial score (nSPS) is 12.0. The molecule has 0 saturated heterocycles. The van der Waals surface area contributed by atoms with E-state index in [9.17, 15) is 0 Å². The van der Waals surface area contributed by atoms with Gasteiger partial charge in [-0.2, -0.15) is 0 Å². The predicted molar refractivity (Wildman–Crippen MR) is 77.9 cm³/mol. The van der Waals surface area contributed by atoms with Crippen molar-refractivity contribution in [1.29, 1.82) is 0 Å². The molecular formula is C15H11N3S. The van der Waals surface area contributed by atoms with E-state index in [0.29, 0.717) is 0 Å². The Morgan fingerprint density at radius 3 is 2.84 bits per heavy atom. The Labute approximate surface area is 115 Å². The van der Waals surface area contributed by atoms with Crippen LogP contribution in [0.1, 0.15) is 10.4 Å². The average Bonchev–Trinajstić information content (AvgIpc) is 2.97. The zero-order valence-electron chi connectivity index (χ0n) is 10.1. The predicted octanol–water partition coefficient (Wildman–Crippen LogP) is 3.85. The van der Waals surface area contributed by atoms with Crippen LogP contribution in [0.5, 0.6) is 0 Å². The number of hydrogen-bond donors (Lipinski definition) is 1. The maximum atomic E-state index is 4.69. The average molecular weight is 265 g/mol. The fourth-order valence-electron chi connectivity index (χ4n) is 2.36. The lowest BCUT2D eigenvalue weighted by Crippen LogP contribution is -1.91. The lowest BCUT2D eigenvalue weighted by molar-refractivity contribution is 1.29. The van der Waals surface area contributed by atoms with Crippen LogP contribution in [0.15, 0.2) is 48.7 Å². The highest BCUT2D eigenvalue weighted by Crippen LogP contribution is 2.41. The van der Waals surface area contributed by atoms with Crippen molar-refractivity contribution in [2.75, 3.05) is 5.32 Å². The number of hydrogen-bond acceptors (Lipinski definition) is 4. The number of aromatic nitrogens is 2. The van der Waals surface area contributed by atoms with E-state index in [4.69, 9.17) is 4.98 Å². The fraction of sp³-hybridized carbons (Fsp3) is 0.0667. The van der Waals surface area contributed by atoms with Gasteiger partial charge in [-0.25, -0.2) is 9.97 Å². The number of fused-ring (bicyclic) bond motifs is 3. The van der Waals surface area contributed by atoms with Crippen LogP contribution in [0.3, 0.4) is 0 Å². The summed E-state index contributed by atoms with van der Waals surface area (Å²) in [6, 6.07) is 14.3. The van der Waals surface area contributed by atoms with Gasteiger partial charge in [0.15, 0.2) is 5.13 Å². The lowest BCUT2D eigenvalue weighted by atomic mass is 10.1. The standard InChI is InChI=1S/C15H11N3S/c1-2-6-11-10(5-1)9-12-14(11)18-15(19-12)17-13-7-3-4-8-16-13/h1-8H,9H2,(H,16,17,18). The Kier molecular flexibility index (Phi) is 2.35. The minimum Gasteiger partial charge on any atom is -0.316 e. The van der Waals surface area contributed by atoms with Gasteiger partial charge in [-0.1, -0.05) is 30.3 Å². The lowest BCUT2D eigenvalue weighted by Gasteiger charge is -2.01. The van der Waals surface area contributed by atoms with E-state index in [1.165, 1.54) is 16.0 Å². The molecule has 0 bridgehead atoms. The van der Waals surface area contributed by atoms with Gasteiger partial charge >= 0.3 is 0 Å². The van der Waals surface area contributed by atoms with Crippen molar-refractivity contribution in [1.82, 2.24) is 9.97 Å². The van der Waals surface area contributed by atoms with E-state index < -0.39 is 0 Å². The molecule has 4 heteroatoms. The number of nitrogens with zero attached hydrogens (tertiary/aromatic N) is 2. The highest BCUT2D eigenvalue weighted by atomic mass is 32.1. The van der Waals surface area contributed by atoms with Gasteiger partial charge in [0.1, 0.15) is 5.82 Å². The second kappa shape index (κ2) is 4.17. The van der Waals surface area contributed by atoms with Crippen LogP contribution in [0.4, 0.5) is 10.9 Å². The number of anilines is 2. The highest BCUT2D eigenvalue weighted by Gasteiger charge is 2.22. The summed E-state index contributed by atoms with van der Waals surface area (Å²) in [6.45, 7) is 0. The van der Waals surface area contributed by atoms with Gasteiger partial charge in [-0.15, -0.1) is 11.3 Å². The minimum absolute atomic E-state index is 0.836. The second-order valence-corrected chi connectivity index (χ2v) is 5.55. The van der Waals surface area contributed by atoms with Crippen molar-refractivity contribution in [3.05, 3.63) is 59.1 Å². The van der Waals surface area contributed by atoms with Crippen LogP contribution in [-0.2, 0) is 6.42 Å². The molecule has 0 atom stereocenters. The second-order valence-electron chi connectivity index (χ2n) is 4.46. The summed E-state index contributed by atoms with van der Waals surface area (Å²) in [7, 11) is 0. The van der Waals surface area contributed by atoms with Gasteiger partial charge in [0.2, 0.25) is 0 Å². The van der Waals surface area contributed by atoms with Crippen LogP contribution in [0, 0.1) is 0 Å². The summed E-state index contributed by atoms with van der Waals surface area (Å²) >= 11 is 1.71. The van der Waals surface area contributed by atoms with Crippen molar-refractivity contribution in [3.63, 3.8) is 0 Å². The fourth-order valence-corrected chi connectivity index (χ4v) is 3.37. The molecule has 0 amide bonds. The molecule has 3 nitrogen and oxygen atoms in total. The summed E-state index contributed by atoms with van der Waals surface area (Å²) in [5.41, 5.74) is 3.77. The number of benzene rings is 1. The van der Waals surface area contributed by atoms with E-state index in [1.807, 2.05) is 18.2 Å². The first-order valence-electron chi connectivity index (χ1n) is 6.16. The molecule has 0 spiro atoms. The van der Waals surface area contributed by atoms with Gasteiger partial charge < -0.3 is 5.32 Å². The highest BCUT2D eigenvalue weighted by molar-refractivity contribution is 7.16. The first-order valence-corrected chi connectivity index (χ1v) is 6.98. The molecule has 1 aliphatic rings. The van der Waals surface area contributed by atoms with E-state index in [2.05, 4.69) is 34.6 Å². The van der Waals surface area contributed by atoms with E-state index >= 15 is 0 Å². The maximum Gasteiger partial charge on any atom is 0.189 e. The smallest absolute Gasteiger partial charge is 0.189 e.